The highest BCUT2D eigenvalue weighted by atomic mass is 32.1. The fourth-order valence-corrected chi connectivity index (χ4v) is 2.69. The van der Waals surface area contributed by atoms with E-state index in [0.29, 0.717) is 10.4 Å². The minimum atomic E-state index is 0.402. The summed E-state index contributed by atoms with van der Waals surface area (Å²) < 4.78 is 0. The Morgan fingerprint density at radius 2 is 2.17 bits per heavy atom. The summed E-state index contributed by atoms with van der Waals surface area (Å²) in [5, 5.41) is 3.42. The maximum atomic E-state index is 5.62. The van der Waals surface area contributed by atoms with Gasteiger partial charge in [0.05, 0.1) is 0 Å². The molecule has 1 aromatic heterocycles. The monoisotopic (exact) mass is 263 g/mol. The van der Waals surface area contributed by atoms with Crippen LogP contribution in [0.4, 0.5) is 5.82 Å². The molecule has 1 heterocycles. The van der Waals surface area contributed by atoms with Gasteiger partial charge in [-0.1, -0.05) is 38.4 Å². The van der Waals surface area contributed by atoms with E-state index in [1.165, 1.54) is 32.1 Å². The van der Waals surface area contributed by atoms with E-state index in [4.69, 9.17) is 18.0 Å². The van der Waals surface area contributed by atoms with Crippen molar-refractivity contribution < 1.29 is 0 Å². The summed E-state index contributed by atoms with van der Waals surface area (Å²) in [6.45, 7) is 3.33. The van der Waals surface area contributed by atoms with Crippen LogP contribution >= 0.6 is 12.2 Å². The molecule has 2 rings (SSSR count). The maximum Gasteiger partial charge on any atom is 0.126 e. The highest BCUT2D eigenvalue weighted by molar-refractivity contribution is 7.80. The number of hydrogen-bond donors (Lipinski definition) is 2. The fourth-order valence-electron chi connectivity index (χ4n) is 2.57. The zero-order chi connectivity index (χ0) is 13.0. The Morgan fingerprint density at radius 3 is 2.83 bits per heavy atom. The molecule has 0 atom stereocenters. The third-order valence-corrected chi connectivity index (χ3v) is 4.04. The van der Waals surface area contributed by atoms with Gasteiger partial charge in [-0.05, 0) is 30.4 Å². The van der Waals surface area contributed by atoms with Crippen LogP contribution in [-0.4, -0.2) is 16.5 Å². The predicted octanol–water partition coefficient (Wildman–Crippen LogP) is 3.10. The molecule has 0 radical (unpaired) electrons. The zero-order valence-corrected chi connectivity index (χ0v) is 11.7. The molecule has 0 saturated heterocycles. The Balaban J connectivity index is 1.97. The zero-order valence-electron chi connectivity index (χ0n) is 10.9. The highest BCUT2D eigenvalue weighted by Gasteiger charge is 2.26. The molecule has 1 fully saturated rings. The van der Waals surface area contributed by atoms with Gasteiger partial charge in [0.2, 0.25) is 0 Å². The van der Waals surface area contributed by atoms with Crippen molar-refractivity contribution in [3.05, 3.63) is 23.9 Å². The molecule has 1 aromatic rings. The Kier molecular flexibility index (Phi) is 4.17. The van der Waals surface area contributed by atoms with Gasteiger partial charge in [-0.25, -0.2) is 4.98 Å². The van der Waals surface area contributed by atoms with E-state index < -0.39 is 0 Å². The number of aromatic nitrogens is 1. The lowest BCUT2D eigenvalue weighted by Gasteiger charge is -2.33. The molecule has 1 aliphatic rings. The first-order valence-electron chi connectivity index (χ1n) is 6.59. The Labute approximate surface area is 114 Å². The standard InChI is InChI=1S/C14H21N3S/c1-14(6-3-2-4-7-14)10-17-12-9-11(13(15)18)5-8-16-12/h5,8-9H,2-4,6-7,10H2,1H3,(H2,15,18)(H,16,17). The van der Waals surface area contributed by atoms with Crippen LogP contribution in [0, 0.1) is 5.41 Å². The number of hydrogen-bond acceptors (Lipinski definition) is 3. The van der Waals surface area contributed by atoms with Gasteiger partial charge in [-0.3, -0.25) is 0 Å². The van der Waals surface area contributed by atoms with Crippen LogP contribution in [0.2, 0.25) is 0 Å². The number of nitrogens with two attached hydrogens (primary N) is 1. The number of anilines is 1. The molecule has 0 amide bonds. The van der Waals surface area contributed by atoms with Crippen molar-refractivity contribution in [2.45, 2.75) is 39.0 Å². The van der Waals surface area contributed by atoms with E-state index in [0.717, 1.165) is 17.9 Å². The normalized spacial score (nSPS) is 18.3. The second kappa shape index (κ2) is 5.65. The van der Waals surface area contributed by atoms with Crippen molar-refractivity contribution in [2.24, 2.45) is 11.1 Å². The Morgan fingerprint density at radius 1 is 1.44 bits per heavy atom. The molecule has 0 unspecified atom stereocenters. The second-order valence-electron chi connectivity index (χ2n) is 5.52. The highest BCUT2D eigenvalue weighted by Crippen LogP contribution is 2.35. The number of nitrogens with one attached hydrogen (secondary N) is 1. The molecule has 0 aromatic carbocycles. The lowest BCUT2D eigenvalue weighted by molar-refractivity contribution is 0.233. The molecule has 18 heavy (non-hydrogen) atoms. The third kappa shape index (κ3) is 3.42. The summed E-state index contributed by atoms with van der Waals surface area (Å²) in [6.07, 6.45) is 8.42. The fraction of sp³-hybridized carbons (Fsp3) is 0.571. The van der Waals surface area contributed by atoms with Crippen LogP contribution in [0.3, 0.4) is 0 Å². The lowest BCUT2D eigenvalue weighted by Crippen LogP contribution is -2.29. The largest absolute Gasteiger partial charge is 0.389 e. The SMILES string of the molecule is CC1(CNc2cc(C(N)=S)ccn2)CCCCC1. The molecule has 3 N–H and O–H groups in total. The van der Waals surface area contributed by atoms with Gasteiger partial charge < -0.3 is 11.1 Å². The third-order valence-electron chi connectivity index (χ3n) is 3.80. The van der Waals surface area contributed by atoms with Crippen molar-refractivity contribution in [1.29, 1.82) is 0 Å². The number of thiocarbonyl (C=S) groups is 1. The number of nitrogens with zero attached hydrogens (tertiary/aromatic N) is 1. The second-order valence-corrected chi connectivity index (χ2v) is 5.96. The van der Waals surface area contributed by atoms with Crippen molar-refractivity contribution in [3.63, 3.8) is 0 Å². The van der Waals surface area contributed by atoms with E-state index >= 15 is 0 Å². The summed E-state index contributed by atoms with van der Waals surface area (Å²) in [4.78, 5) is 4.73. The van der Waals surface area contributed by atoms with Crippen LogP contribution in [0.15, 0.2) is 18.3 Å². The van der Waals surface area contributed by atoms with E-state index in [1.54, 1.807) is 6.20 Å². The van der Waals surface area contributed by atoms with Crippen molar-refractivity contribution in [3.8, 4) is 0 Å². The van der Waals surface area contributed by atoms with Crippen LogP contribution in [0.25, 0.3) is 0 Å². The average molecular weight is 263 g/mol. The van der Waals surface area contributed by atoms with Gasteiger partial charge in [0.15, 0.2) is 0 Å². The molecule has 3 nitrogen and oxygen atoms in total. The van der Waals surface area contributed by atoms with Crippen LogP contribution in [0.1, 0.15) is 44.6 Å². The summed E-state index contributed by atoms with van der Waals surface area (Å²) in [7, 11) is 0. The van der Waals surface area contributed by atoms with E-state index in [2.05, 4.69) is 17.2 Å². The van der Waals surface area contributed by atoms with Crippen molar-refractivity contribution in [1.82, 2.24) is 4.98 Å². The number of pyridine rings is 1. The average Bonchev–Trinajstić information content (AvgIpc) is 2.38. The van der Waals surface area contributed by atoms with Crippen LogP contribution in [-0.2, 0) is 0 Å². The van der Waals surface area contributed by atoms with Crippen molar-refractivity contribution in [2.75, 3.05) is 11.9 Å². The molecule has 98 valence electrons. The molecule has 0 spiro atoms. The topological polar surface area (TPSA) is 50.9 Å². The molecule has 1 saturated carbocycles. The summed E-state index contributed by atoms with van der Waals surface area (Å²) in [5.74, 6) is 0.868. The predicted molar refractivity (Wildman–Crippen MR) is 79.8 cm³/mol. The van der Waals surface area contributed by atoms with Gasteiger partial charge in [0, 0.05) is 18.3 Å². The molecular weight excluding hydrogens is 242 g/mol. The Bertz CT molecular complexity index is 425. The van der Waals surface area contributed by atoms with E-state index in [1.807, 2.05) is 12.1 Å². The van der Waals surface area contributed by atoms with Crippen LogP contribution in [0.5, 0.6) is 0 Å². The first-order chi connectivity index (χ1) is 8.59. The summed E-state index contributed by atoms with van der Waals surface area (Å²) >= 11 is 4.98. The van der Waals surface area contributed by atoms with E-state index in [-0.39, 0.29) is 0 Å². The van der Waals surface area contributed by atoms with Crippen LogP contribution < -0.4 is 11.1 Å². The van der Waals surface area contributed by atoms with E-state index in [9.17, 15) is 0 Å². The van der Waals surface area contributed by atoms with Gasteiger partial charge in [0.1, 0.15) is 10.8 Å². The van der Waals surface area contributed by atoms with Crippen molar-refractivity contribution >= 4 is 23.0 Å². The van der Waals surface area contributed by atoms with Gasteiger partial charge in [-0.2, -0.15) is 0 Å². The first kappa shape index (κ1) is 13.3. The molecule has 0 bridgehead atoms. The first-order valence-corrected chi connectivity index (χ1v) is 7.00. The van der Waals surface area contributed by atoms with Gasteiger partial charge >= 0.3 is 0 Å². The molecule has 4 heteroatoms. The minimum Gasteiger partial charge on any atom is -0.389 e. The summed E-state index contributed by atoms with van der Waals surface area (Å²) in [6, 6.07) is 3.77. The van der Waals surface area contributed by atoms with Gasteiger partial charge in [-0.15, -0.1) is 0 Å². The smallest absolute Gasteiger partial charge is 0.126 e. The minimum absolute atomic E-state index is 0.402. The number of rotatable bonds is 4. The molecule has 0 aliphatic heterocycles. The lowest BCUT2D eigenvalue weighted by atomic mass is 9.76. The maximum absolute atomic E-state index is 5.62. The molecule has 1 aliphatic carbocycles. The van der Waals surface area contributed by atoms with Gasteiger partial charge in [0.25, 0.3) is 0 Å². The summed E-state index contributed by atoms with van der Waals surface area (Å²) in [5.41, 5.74) is 6.90. The molecular formula is C14H21N3S. The Hall–Kier alpha value is -1.16. The quantitative estimate of drug-likeness (QED) is 0.820.